The van der Waals surface area contributed by atoms with E-state index in [2.05, 4.69) is 19.3 Å². The number of carbonyl (C=O) groups excluding carboxylic acids is 1. The van der Waals surface area contributed by atoms with Crippen LogP contribution < -0.4 is 29.3 Å². The van der Waals surface area contributed by atoms with E-state index in [-0.39, 0.29) is 24.0 Å². The lowest BCUT2D eigenvalue weighted by atomic mass is 10.0. The maximum absolute atomic E-state index is 12.1. The predicted molar refractivity (Wildman–Crippen MR) is 131 cm³/mol. The van der Waals surface area contributed by atoms with Crippen molar-refractivity contribution in [2.45, 2.75) is 110 Å². The minimum atomic E-state index is 0. The molecule has 0 atom stereocenters. The maximum atomic E-state index is 12.1. The number of unbranched alkanes of at least 4 members (excludes halogenated alkanes) is 14. The minimum Gasteiger partial charge on any atom is -1.00 e. The van der Waals surface area contributed by atoms with Gasteiger partial charge in [0.25, 0.3) is 0 Å². The Bertz CT molecular complexity index is 389. The van der Waals surface area contributed by atoms with Gasteiger partial charge in [0.15, 0.2) is 5.12 Å². The lowest BCUT2D eigenvalue weighted by molar-refractivity contribution is -0.908. The van der Waals surface area contributed by atoms with Gasteiger partial charge in [0, 0.05) is 19.5 Å². The summed E-state index contributed by atoms with van der Waals surface area (Å²) in [5, 5.41) is 3.84. The van der Waals surface area contributed by atoms with Gasteiger partial charge in [-0.2, -0.15) is 0 Å². The molecule has 1 aliphatic heterocycles. The third kappa shape index (κ3) is 18.3. The normalized spacial score (nSPS) is 15.7. The molecule has 180 valence electrons. The minimum absolute atomic E-state index is 0. The molecule has 1 N–H and O–H groups in total. The summed E-state index contributed by atoms with van der Waals surface area (Å²) in [6, 6.07) is 0. The Balaban J connectivity index is 0.00000841. The van der Waals surface area contributed by atoms with E-state index in [9.17, 15) is 4.79 Å². The molecular weight excluding hydrogens is 503 g/mol. The van der Waals surface area contributed by atoms with Gasteiger partial charge in [-0.3, -0.25) is 4.79 Å². The van der Waals surface area contributed by atoms with Crippen LogP contribution in [0.15, 0.2) is 0 Å². The van der Waals surface area contributed by atoms with Crippen molar-refractivity contribution in [3.8, 4) is 0 Å². The van der Waals surface area contributed by atoms with E-state index >= 15 is 0 Å². The summed E-state index contributed by atoms with van der Waals surface area (Å²) in [5.74, 6) is 0.994. The topological polar surface area (TPSA) is 29.1 Å². The summed E-state index contributed by atoms with van der Waals surface area (Å²) in [4.78, 5) is 12.1. The van der Waals surface area contributed by atoms with Crippen molar-refractivity contribution in [2.75, 3.05) is 45.5 Å². The fourth-order valence-electron chi connectivity index (χ4n) is 4.25. The molecule has 0 radical (unpaired) electrons. The molecule has 0 unspecified atom stereocenters. The van der Waals surface area contributed by atoms with E-state index in [1.807, 2.05) is 0 Å². The monoisotopic (exact) mass is 554 g/mol. The van der Waals surface area contributed by atoms with Gasteiger partial charge in [0.1, 0.15) is 0 Å². The summed E-state index contributed by atoms with van der Waals surface area (Å²) in [5.41, 5.74) is 0. The molecule has 0 aromatic carbocycles. The average Bonchev–Trinajstić information content (AvgIpc) is 2.71. The number of quaternary nitrogens is 1. The summed E-state index contributed by atoms with van der Waals surface area (Å²) >= 11 is 1.58. The van der Waals surface area contributed by atoms with Gasteiger partial charge in [0.05, 0.1) is 32.4 Å². The van der Waals surface area contributed by atoms with E-state index in [1.165, 1.54) is 103 Å². The van der Waals surface area contributed by atoms with Gasteiger partial charge in [-0.25, -0.2) is 0 Å². The second kappa shape index (κ2) is 21.5. The number of rotatable bonds is 19. The second-order valence-corrected chi connectivity index (χ2v) is 10.6. The largest absolute Gasteiger partial charge is 1.00 e. The molecule has 1 rings (SSSR count). The molecule has 0 aromatic rings. The highest BCUT2D eigenvalue weighted by Crippen LogP contribution is 2.16. The summed E-state index contributed by atoms with van der Waals surface area (Å²) in [6.45, 7) is 8.07. The zero-order chi connectivity index (χ0) is 21.0. The van der Waals surface area contributed by atoms with Crippen molar-refractivity contribution in [3.05, 3.63) is 0 Å². The quantitative estimate of drug-likeness (QED) is 0.151. The molecule has 3 nitrogen and oxygen atoms in total. The first-order valence-corrected chi connectivity index (χ1v) is 13.8. The Morgan fingerprint density at radius 3 is 1.67 bits per heavy atom. The van der Waals surface area contributed by atoms with Gasteiger partial charge >= 0.3 is 0 Å². The highest BCUT2D eigenvalue weighted by atomic mass is 127. The van der Waals surface area contributed by atoms with Crippen molar-refractivity contribution < 1.29 is 33.3 Å². The van der Waals surface area contributed by atoms with Crippen LogP contribution in [0.25, 0.3) is 0 Å². The van der Waals surface area contributed by atoms with Crippen LogP contribution in [-0.2, 0) is 4.79 Å². The molecule has 0 amide bonds. The SMILES string of the molecule is CCCCCCCCCCCCCCCCCC(=O)SCC[N+]1(C)CCNCC1.[I-]. The van der Waals surface area contributed by atoms with Gasteiger partial charge in [-0.1, -0.05) is 109 Å². The molecule has 1 saturated heterocycles. The van der Waals surface area contributed by atoms with E-state index in [0.29, 0.717) is 5.12 Å². The number of hydrogen-bond acceptors (Lipinski definition) is 3. The number of carbonyl (C=O) groups is 1. The molecule has 0 aromatic heterocycles. The van der Waals surface area contributed by atoms with E-state index in [4.69, 9.17) is 0 Å². The summed E-state index contributed by atoms with van der Waals surface area (Å²) in [7, 11) is 2.33. The lowest BCUT2D eigenvalue weighted by Crippen LogP contribution is -3.00. The van der Waals surface area contributed by atoms with Crippen LogP contribution >= 0.6 is 11.8 Å². The van der Waals surface area contributed by atoms with Gasteiger partial charge in [-0.15, -0.1) is 0 Å². The molecule has 0 bridgehead atoms. The standard InChI is InChI=1S/C25H51N2OS.HI/c1-3-4-5-6-7-8-9-10-11-12-13-14-15-16-17-18-25(28)29-24-23-27(2)21-19-26-20-22-27;/h26H,3-24H2,1-2H3;1H/q+1;/p-1. The number of likely N-dealkylation sites (N-methyl/N-ethyl adjacent to an activating group) is 1. The molecule has 30 heavy (non-hydrogen) atoms. The predicted octanol–water partition coefficient (Wildman–Crippen LogP) is 3.56. The van der Waals surface area contributed by atoms with Gasteiger partial charge in [0.2, 0.25) is 0 Å². The lowest BCUT2D eigenvalue weighted by Gasteiger charge is -2.37. The molecule has 1 heterocycles. The molecule has 5 heteroatoms. The average molecular weight is 555 g/mol. The molecule has 0 spiro atoms. The Morgan fingerprint density at radius 2 is 1.20 bits per heavy atom. The van der Waals surface area contributed by atoms with Gasteiger partial charge < -0.3 is 33.8 Å². The third-order valence-corrected chi connectivity index (χ3v) is 7.45. The fraction of sp³-hybridized carbons (Fsp3) is 0.960. The maximum Gasteiger partial charge on any atom is 0.189 e. The van der Waals surface area contributed by atoms with E-state index in [0.717, 1.165) is 42.7 Å². The fourth-order valence-corrected chi connectivity index (χ4v) is 5.30. The number of piperazine rings is 1. The third-order valence-electron chi connectivity index (χ3n) is 6.54. The molecule has 0 aliphatic carbocycles. The number of hydrogen-bond donors (Lipinski definition) is 1. The van der Waals surface area contributed by atoms with Crippen LogP contribution in [0.2, 0.25) is 0 Å². The Morgan fingerprint density at radius 1 is 0.767 bits per heavy atom. The van der Waals surface area contributed by atoms with Crippen LogP contribution in [-0.4, -0.2) is 55.1 Å². The van der Waals surface area contributed by atoms with Crippen LogP contribution in [0.4, 0.5) is 0 Å². The van der Waals surface area contributed by atoms with Crippen molar-refractivity contribution in [3.63, 3.8) is 0 Å². The first kappa shape index (κ1) is 30.7. The van der Waals surface area contributed by atoms with Crippen molar-refractivity contribution in [1.29, 1.82) is 0 Å². The number of halogens is 1. The Labute approximate surface area is 209 Å². The Hall–Kier alpha value is 0.670. The molecule has 1 fully saturated rings. The van der Waals surface area contributed by atoms with Crippen molar-refractivity contribution in [1.82, 2.24) is 5.32 Å². The first-order chi connectivity index (χ1) is 14.2. The Kier molecular flexibility index (Phi) is 22.0. The zero-order valence-corrected chi connectivity index (χ0v) is 23.2. The summed E-state index contributed by atoms with van der Waals surface area (Å²) in [6.07, 6.45) is 21.5. The second-order valence-electron chi connectivity index (χ2n) is 9.46. The van der Waals surface area contributed by atoms with Crippen molar-refractivity contribution in [2.24, 2.45) is 0 Å². The van der Waals surface area contributed by atoms with Gasteiger partial charge in [-0.05, 0) is 6.42 Å². The molecule has 0 saturated carbocycles. The van der Waals surface area contributed by atoms with Crippen molar-refractivity contribution >= 4 is 16.9 Å². The van der Waals surface area contributed by atoms with Crippen LogP contribution in [0.3, 0.4) is 0 Å². The highest BCUT2D eigenvalue weighted by molar-refractivity contribution is 8.13. The first-order valence-electron chi connectivity index (χ1n) is 12.9. The summed E-state index contributed by atoms with van der Waals surface area (Å²) < 4.78 is 1.13. The van der Waals surface area contributed by atoms with E-state index in [1.54, 1.807) is 11.8 Å². The number of thioether (sulfide) groups is 1. The highest BCUT2D eigenvalue weighted by Gasteiger charge is 2.24. The van der Waals surface area contributed by atoms with Crippen LogP contribution in [0.5, 0.6) is 0 Å². The smallest absolute Gasteiger partial charge is 0.189 e. The molecule has 1 aliphatic rings. The molecular formula is C25H51IN2OS. The van der Waals surface area contributed by atoms with E-state index < -0.39 is 0 Å². The van der Waals surface area contributed by atoms with Crippen LogP contribution in [0, 0.1) is 0 Å². The van der Waals surface area contributed by atoms with Crippen LogP contribution in [0.1, 0.15) is 110 Å². The zero-order valence-electron chi connectivity index (χ0n) is 20.2. The number of nitrogens with zero attached hydrogens (tertiary/aromatic N) is 1. The number of nitrogens with one attached hydrogen (secondary N) is 1.